The number of nitrogens with one attached hydrogen (secondary N) is 3. The molecule has 3 aliphatic heterocycles. The smallest absolute Gasteiger partial charge is 0.328 e. The number of benzene rings is 1. The lowest BCUT2D eigenvalue weighted by molar-refractivity contribution is -0.137. The summed E-state index contributed by atoms with van der Waals surface area (Å²) < 4.78 is 0. The topological polar surface area (TPSA) is 126 Å². The summed E-state index contributed by atoms with van der Waals surface area (Å²) in [5, 5.41) is 9.09. The van der Waals surface area contributed by atoms with Gasteiger partial charge in [-0.1, -0.05) is 12.1 Å². The van der Waals surface area contributed by atoms with E-state index in [4.69, 9.17) is 5.73 Å². The molecule has 0 spiro atoms. The van der Waals surface area contributed by atoms with Crippen molar-refractivity contribution in [2.45, 2.75) is 38.5 Å². The van der Waals surface area contributed by atoms with Gasteiger partial charge in [0, 0.05) is 58.6 Å². The summed E-state index contributed by atoms with van der Waals surface area (Å²) in [5.74, 6) is 0.590. The highest BCUT2D eigenvalue weighted by atomic mass is 16.2. The van der Waals surface area contributed by atoms with Gasteiger partial charge in [-0.05, 0) is 57.5 Å². The molecule has 11 nitrogen and oxygen atoms in total. The van der Waals surface area contributed by atoms with Crippen molar-refractivity contribution in [3.8, 4) is 0 Å². The number of piperazine rings is 1. The maximum absolute atomic E-state index is 12.9. The third-order valence-corrected chi connectivity index (χ3v) is 7.02. The zero-order valence-corrected chi connectivity index (χ0v) is 22.3. The highest BCUT2D eigenvalue weighted by molar-refractivity contribution is 5.96. The van der Waals surface area contributed by atoms with Gasteiger partial charge >= 0.3 is 12.1 Å². The molecule has 2 fully saturated rings. The summed E-state index contributed by atoms with van der Waals surface area (Å²) in [6.07, 6.45) is 3.45. The van der Waals surface area contributed by atoms with E-state index in [2.05, 4.69) is 27.9 Å². The average molecular weight is 513 g/mol. The fourth-order valence-electron chi connectivity index (χ4n) is 4.77. The molecule has 1 aromatic carbocycles. The third kappa shape index (κ3) is 6.60. The Morgan fingerprint density at radius 3 is 2.30 bits per heavy atom. The van der Waals surface area contributed by atoms with E-state index >= 15 is 0 Å². The van der Waals surface area contributed by atoms with Crippen molar-refractivity contribution in [1.29, 1.82) is 0 Å². The molecule has 4 rings (SSSR count). The highest BCUT2D eigenvalue weighted by Crippen LogP contribution is 2.22. The number of nitrogens with two attached hydrogens (primary N) is 1. The van der Waals surface area contributed by atoms with Crippen LogP contribution in [0.5, 0.6) is 0 Å². The maximum Gasteiger partial charge on any atom is 0.328 e. The molecule has 5 amide bonds. The zero-order valence-electron chi connectivity index (χ0n) is 22.3. The first-order valence-electron chi connectivity index (χ1n) is 12.9. The van der Waals surface area contributed by atoms with E-state index in [-0.39, 0.29) is 18.0 Å². The molecule has 5 N–H and O–H groups in total. The minimum Gasteiger partial charge on any atom is -0.338 e. The second kappa shape index (κ2) is 10.7. The van der Waals surface area contributed by atoms with E-state index in [1.807, 2.05) is 24.3 Å². The van der Waals surface area contributed by atoms with Gasteiger partial charge in [-0.2, -0.15) is 0 Å². The van der Waals surface area contributed by atoms with Gasteiger partial charge in [0.1, 0.15) is 5.66 Å². The summed E-state index contributed by atoms with van der Waals surface area (Å²) in [7, 11) is 2.13. The van der Waals surface area contributed by atoms with Crippen LogP contribution in [0.1, 0.15) is 26.3 Å². The van der Waals surface area contributed by atoms with Crippen molar-refractivity contribution < 1.29 is 14.4 Å². The van der Waals surface area contributed by atoms with Crippen molar-refractivity contribution >= 4 is 23.7 Å². The highest BCUT2D eigenvalue weighted by Gasteiger charge is 2.35. The van der Waals surface area contributed by atoms with Crippen LogP contribution in [-0.2, 0) is 11.3 Å². The van der Waals surface area contributed by atoms with Crippen LogP contribution in [0.4, 0.5) is 15.3 Å². The number of anilines is 1. The summed E-state index contributed by atoms with van der Waals surface area (Å²) >= 11 is 0. The van der Waals surface area contributed by atoms with Crippen molar-refractivity contribution in [3.63, 3.8) is 0 Å². The molecule has 1 aromatic rings. The Morgan fingerprint density at radius 2 is 1.76 bits per heavy atom. The van der Waals surface area contributed by atoms with Crippen LogP contribution in [0.2, 0.25) is 0 Å². The Bertz CT molecular complexity index is 1030. The van der Waals surface area contributed by atoms with E-state index in [1.165, 1.54) is 10.5 Å². The predicted molar refractivity (Wildman–Crippen MR) is 143 cm³/mol. The molecule has 0 radical (unpaired) electrons. The van der Waals surface area contributed by atoms with E-state index in [9.17, 15) is 14.4 Å². The Kier molecular flexibility index (Phi) is 7.77. The molecule has 0 saturated carbocycles. The van der Waals surface area contributed by atoms with Gasteiger partial charge in [-0.25, -0.2) is 9.59 Å². The van der Waals surface area contributed by atoms with Crippen LogP contribution in [0.3, 0.4) is 0 Å². The van der Waals surface area contributed by atoms with Crippen molar-refractivity contribution in [2.75, 3.05) is 57.8 Å². The quantitative estimate of drug-likeness (QED) is 0.426. The lowest BCUT2D eigenvalue weighted by Crippen LogP contribution is -2.65. The Labute approximate surface area is 219 Å². The van der Waals surface area contributed by atoms with Crippen LogP contribution in [0, 0.1) is 5.92 Å². The fourth-order valence-corrected chi connectivity index (χ4v) is 4.77. The molecule has 1 atom stereocenters. The Hall–Kier alpha value is -3.15. The molecule has 0 aromatic heterocycles. The van der Waals surface area contributed by atoms with Gasteiger partial charge in [-0.15, -0.1) is 0 Å². The molecule has 3 aliphatic rings. The minimum absolute atomic E-state index is 0.131. The standard InChI is InChI=1S/C26H40N8O3/c1-25(2,27)22(35)32-11-13-33(14-12-32)23(36)29-26(3)9-10-34(24(37)30-26)21-7-5-19(6-8-21)17-31(4)18-20-15-28-16-20/h5-10,20,28H,11-18,27H2,1-4H3,(H,29,36)(H,30,37). The molecular weight excluding hydrogens is 472 g/mol. The molecule has 1 unspecified atom stereocenters. The molecule has 37 heavy (non-hydrogen) atoms. The zero-order chi connectivity index (χ0) is 26.8. The normalized spacial score (nSPS) is 22.6. The van der Waals surface area contributed by atoms with Crippen molar-refractivity contribution in [1.82, 2.24) is 30.7 Å². The van der Waals surface area contributed by atoms with Crippen LogP contribution in [-0.4, -0.2) is 96.7 Å². The van der Waals surface area contributed by atoms with E-state index in [1.54, 1.807) is 42.8 Å². The van der Waals surface area contributed by atoms with Gasteiger partial charge in [0.05, 0.1) is 11.2 Å². The van der Waals surface area contributed by atoms with E-state index in [0.717, 1.165) is 37.8 Å². The van der Waals surface area contributed by atoms with Gasteiger partial charge in [-0.3, -0.25) is 9.69 Å². The SMILES string of the molecule is CN(Cc1ccc(N2C=CC(C)(NC(=O)N3CCN(C(=O)C(C)(C)N)CC3)NC2=O)cc1)CC1CNC1. The number of urea groups is 2. The first kappa shape index (κ1) is 26.9. The fraction of sp³-hybridized carbons (Fsp3) is 0.577. The Morgan fingerprint density at radius 1 is 1.14 bits per heavy atom. The minimum atomic E-state index is -1.03. The lowest BCUT2D eigenvalue weighted by atomic mass is 10.0. The Balaban J connectivity index is 1.30. The van der Waals surface area contributed by atoms with Gasteiger partial charge < -0.3 is 36.4 Å². The number of amides is 5. The molecule has 0 bridgehead atoms. The molecular formula is C26H40N8O3. The molecule has 2 saturated heterocycles. The largest absolute Gasteiger partial charge is 0.338 e. The predicted octanol–water partition coefficient (Wildman–Crippen LogP) is 0.688. The van der Waals surface area contributed by atoms with Gasteiger partial charge in [0.2, 0.25) is 5.91 Å². The number of nitrogens with zero attached hydrogens (tertiary/aromatic N) is 4. The number of carbonyl (C=O) groups excluding carboxylic acids is 3. The number of hydrogen-bond acceptors (Lipinski definition) is 6. The molecule has 202 valence electrons. The van der Waals surface area contributed by atoms with E-state index < -0.39 is 11.2 Å². The third-order valence-electron chi connectivity index (χ3n) is 7.02. The first-order chi connectivity index (χ1) is 17.4. The second-order valence-corrected chi connectivity index (χ2v) is 11.1. The maximum atomic E-state index is 12.9. The number of rotatable bonds is 7. The molecule has 3 heterocycles. The van der Waals surface area contributed by atoms with E-state index in [0.29, 0.717) is 26.2 Å². The van der Waals surface area contributed by atoms with Crippen molar-refractivity contribution in [3.05, 3.63) is 42.1 Å². The summed E-state index contributed by atoms with van der Waals surface area (Å²) in [6.45, 7) is 10.8. The monoisotopic (exact) mass is 512 g/mol. The molecule has 0 aliphatic carbocycles. The number of hydrogen-bond donors (Lipinski definition) is 4. The lowest BCUT2D eigenvalue weighted by Gasteiger charge is -2.40. The first-order valence-corrected chi connectivity index (χ1v) is 12.9. The summed E-state index contributed by atoms with van der Waals surface area (Å²) in [5.41, 5.74) is 5.89. The molecule has 11 heteroatoms. The van der Waals surface area contributed by atoms with Crippen LogP contribution < -0.4 is 26.6 Å². The van der Waals surface area contributed by atoms with Crippen LogP contribution in [0.15, 0.2) is 36.5 Å². The summed E-state index contributed by atoms with van der Waals surface area (Å²) in [4.78, 5) is 45.4. The summed E-state index contributed by atoms with van der Waals surface area (Å²) in [6, 6.07) is 7.32. The van der Waals surface area contributed by atoms with Crippen LogP contribution >= 0.6 is 0 Å². The van der Waals surface area contributed by atoms with Gasteiger partial charge in [0.25, 0.3) is 0 Å². The van der Waals surface area contributed by atoms with Crippen molar-refractivity contribution in [2.24, 2.45) is 11.7 Å². The van der Waals surface area contributed by atoms with Gasteiger partial charge in [0.15, 0.2) is 0 Å². The second-order valence-electron chi connectivity index (χ2n) is 11.1. The number of carbonyl (C=O) groups is 3. The average Bonchev–Trinajstić information content (AvgIpc) is 2.81. The van der Waals surface area contributed by atoms with Crippen LogP contribution in [0.25, 0.3) is 0 Å².